The van der Waals surface area contributed by atoms with E-state index in [2.05, 4.69) is 33.0 Å². The highest BCUT2D eigenvalue weighted by atomic mass is 16.5. The van der Waals surface area contributed by atoms with E-state index < -0.39 is 0 Å². The van der Waals surface area contributed by atoms with Crippen molar-refractivity contribution < 1.29 is 9.53 Å². The lowest BCUT2D eigenvalue weighted by molar-refractivity contribution is 0.0531. The maximum absolute atomic E-state index is 11.9. The Bertz CT molecular complexity index is 293. The fraction of sp³-hybridized carbons (Fsp3) is 0.923. The summed E-state index contributed by atoms with van der Waals surface area (Å²) >= 11 is 0. The summed E-state index contributed by atoms with van der Waals surface area (Å²) in [6.45, 7) is 12.6. The van der Waals surface area contributed by atoms with Crippen LogP contribution in [0.1, 0.15) is 27.7 Å². The van der Waals surface area contributed by atoms with Crippen molar-refractivity contribution in [1.29, 1.82) is 0 Å². The molecule has 1 aliphatic carbocycles. The van der Waals surface area contributed by atoms with E-state index in [0.29, 0.717) is 43.1 Å². The van der Waals surface area contributed by atoms with E-state index in [0.717, 1.165) is 6.54 Å². The number of urea groups is 1. The van der Waals surface area contributed by atoms with E-state index in [1.54, 1.807) is 0 Å². The molecule has 0 aromatic rings. The van der Waals surface area contributed by atoms with Crippen molar-refractivity contribution in [3.8, 4) is 0 Å². The first-order valence-electron chi connectivity index (χ1n) is 6.48. The normalized spacial score (nSPS) is 26.7. The molecule has 1 aliphatic heterocycles. The molecule has 4 nitrogen and oxygen atoms in total. The zero-order valence-electron chi connectivity index (χ0n) is 11.4. The van der Waals surface area contributed by atoms with Crippen molar-refractivity contribution in [2.24, 2.45) is 16.7 Å². The van der Waals surface area contributed by atoms with Crippen LogP contribution in [0.2, 0.25) is 0 Å². The second kappa shape index (κ2) is 4.16. The highest BCUT2D eigenvalue weighted by molar-refractivity contribution is 5.74. The van der Waals surface area contributed by atoms with Crippen LogP contribution in [0.5, 0.6) is 0 Å². The first-order valence-corrected chi connectivity index (χ1v) is 6.48. The van der Waals surface area contributed by atoms with Crippen LogP contribution in [0.3, 0.4) is 0 Å². The van der Waals surface area contributed by atoms with Crippen LogP contribution in [0.25, 0.3) is 0 Å². The third-order valence-electron chi connectivity index (χ3n) is 5.08. The predicted octanol–water partition coefficient (Wildman–Crippen LogP) is 1.71. The van der Waals surface area contributed by atoms with Crippen LogP contribution in [0.4, 0.5) is 4.79 Å². The number of nitrogens with zero attached hydrogens (tertiary/aromatic N) is 1. The van der Waals surface area contributed by atoms with Crippen molar-refractivity contribution in [2.75, 3.05) is 32.8 Å². The van der Waals surface area contributed by atoms with Gasteiger partial charge in [-0.2, -0.15) is 0 Å². The second-order valence-electron chi connectivity index (χ2n) is 6.28. The molecule has 0 bridgehead atoms. The third-order valence-corrected chi connectivity index (χ3v) is 5.08. The van der Waals surface area contributed by atoms with Gasteiger partial charge in [-0.05, 0) is 16.7 Å². The minimum atomic E-state index is 0.0619. The summed E-state index contributed by atoms with van der Waals surface area (Å²) < 4.78 is 5.23. The molecule has 2 rings (SSSR count). The summed E-state index contributed by atoms with van der Waals surface area (Å²) in [6.07, 6.45) is 0. The largest absolute Gasteiger partial charge is 0.378 e. The number of amides is 2. The molecule has 2 aliphatic rings. The molecule has 98 valence electrons. The quantitative estimate of drug-likeness (QED) is 0.798. The molecule has 0 atom stereocenters. The summed E-state index contributed by atoms with van der Waals surface area (Å²) in [4.78, 5) is 13.8. The number of nitrogens with one attached hydrogen (secondary N) is 1. The summed E-state index contributed by atoms with van der Waals surface area (Å²) in [6, 6.07) is 0.0619. The smallest absolute Gasteiger partial charge is 0.317 e. The molecule has 1 N–H and O–H groups in total. The molecule has 0 radical (unpaired) electrons. The van der Waals surface area contributed by atoms with Crippen molar-refractivity contribution in [2.45, 2.75) is 27.7 Å². The topological polar surface area (TPSA) is 41.6 Å². The van der Waals surface area contributed by atoms with Crippen LogP contribution < -0.4 is 5.32 Å². The fourth-order valence-corrected chi connectivity index (χ4v) is 2.91. The van der Waals surface area contributed by atoms with Gasteiger partial charge in [-0.3, -0.25) is 0 Å². The molecule has 4 heteroatoms. The molecule has 0 unspecified atom stereocenters. The lowest BCUT2D eigenvalue weighted by Gasteiger charge is -2.27. The number of hydrogen-bond donors (Lipinski definition) is 1. The highest BCUT2D eigenvalue weighted by Gasteiger charge is 2.64. The summed E-state index contributed by atoms with van der Waals surface area (Å²) in [5.74, 6) is 0.583. The van der Waals surface area contributed by atoms with Crippen molar-refractivity contribution in [3.63, 3.8) is 0 Å². The Kier molecular flexibility index (Phi) is 3.10. The molecule has 2 amide bonds. The van der Waals surface area contributed by atoms with E-state index in [4.69, 9.17) is 4.74 Å². The number of ether oxygens (including phenoxy) is 1. The zero-order valence-corrected chi connectivity index (χ0v) is 11.4. The van der Waals surface area contributed by atoms with Gasteiger partial charge in [-0.15, -0.1) is 0 Å². The average Bonchev–Trinajstić information content (AvgIpc) is 2.68. The van der Waals surface area contributed by atoms with Crippen LogP contribution in [-0.2, 0) is 4.74 Å². The first kappa shape index (κ1) is 12.7. The minimum absolute atomic E-state index is 0.0619. The van der Waals surface area contributed by atoms with Gasteiger partial charge in [-0.1, -0.05) is 27.7 Å². The second-order valence-corrected chi connectivity index (χ2v) is 6.28. The lowest BCUT2D eigenvalue weighted by atomic mass is 10.0. The Morgan fingerprint density at radius 1 is 1.24 bits per heavy atom. The van der Waals surface area contributed by atoms with Crippen molar-refractivity contribution in [1.82, 2.24) is 10.2 Å². The van der Waals surface area contributed by atoms with E-state index in [1.807, 2.05) is 4.90 Å². The Morgan fingerprint density at radius 2 is 1.76 bits per heavy atom. The van der Waals surface area contributed by atoms with Crippen LogP contribution in [0.15, 0.2) is 0 Å². The molecule has 2 fully saturated rings. The maximum atomic E-state index is 11.9. The number of hydrogen-bond acceptors (Lipinski definition) is 2. The van der Waals surface area contributed by atoms with Gasteiger partial charge in [0.15, 0.2) is 0 Å². The zero-order chi connectivity index (χ0) is 12.7. The Balaban J connectivity index is 1.78. The lowest BCUT2D eigenvalue weighted by Crippen LogP contribution is -2.46. The Labute approximate surface area is 104 Å². The Morgan fingerprint density at radius 3 is 2.24 bits per heavy atom. The van der Waals surface area contributed by atoms with Crippen LogP contribution >= 0.6 is 0 Å². The van der Waals surface area contributed by atoms with Crippen LogP contribution in [-0.4, -0.2) is 43.8 Å². The SMILES string of the molecule is CC1(C)C(CNC(=O)N2CCOCC2)C1(C)C. The van der Waals surface area contributed by atoms with Gasteiger partial charge in [0.05, 0.1) is 13.2 Å². The Hall–Kier alpha value is -0.770. The first-order chi connectivity index (χ1) is 7.87. The summed E-state index contributed by atoms with van der Waals surface area (Å²) in [5.41, 5.74) is 0.677. The van der Waals surface area contributed by atoms with E-state index >= 15 is 0 Å². The van der Waals surface area contributed by atoms with Gasteiger partial charge in [0.2, 0.25) is 0 Å². The predicted molar refractivity (Wildman–Crippen MR) is 66.8 cm³/mol. The van der Waals surface area contributed by atoms with E-state index in [-0.39, 0.29) is 6.03 Å². The molecule has 1 saturated heterocycles. The average molecular weight is 240 g/mol. The maximum Gasteiger partial charge on any atom is 0.317 e. The number of carbonyl (C=O) groups excluding carboxylic acids is 1. The molecule has 0 spiro atoms. The van der Waals surface area contributed by atoms with Gasteiger partial charge < -0.3 is 15.0 Å². The molecule has 0 aromatic carbocycles. The highest BCUT2D eigenvalue weighted by Crippen LogP contribution is 2.67. The third kappa shape index (κ3) is 2.15. The minimum Gasteiger partial charge on any atom is -0.378 e. The molecular weight excluding hydrogens is 216 g/mol. The van der Waals surface area contributed by atoms with Gasteiger partial charge in [0, 0.05) is 19.6 Å². The summed E-state index contributed by atoms with van der Waals surface area (Å²) in [7, 11) is 0. The van der Waals surface area contributed by atoms with Gasteiger partial charge >= 0.3 is 6.03 Å². The molecular formula is C13H24N2O2. The standard InChI is InChI=1S/C13H24N2O2/c1-12(2)10(13(12,3)4)9-14-11(16)15-5-7-17-8-6-15/h10H,5-9H2,1-4H3,(H,14,16). The van der Waals surface area contributed by atoms with Crippen LogP contribution in [0, 0.1) is 16.7 Å². The molecule has 1 heterocycles. The van der Waals surface area contributed by atoms with E-state index in [9.17, 15) is 4.79 Å². The molecule has 17 heavy (non-hydrogen) atoms. The monoisotopic (exact) mass is 240 g/mol. The van der Waals surface area contributed by atoms with Crippen molar-refractivity contribution >= 4 is 6.03 Å². The molecule has 1 saturated carbocycles. The number of carbonyl (C=O) groups is 1. The number of rotatable bonds is 2. The number of morpholine rings is 1. The summed E-state index contributed by atoms with van der Waals surface area (Å²) in [5, 5.41) is 3.06. The van der Waals surface area contributed by atoms with E-state index in [1.165, 1.54) is 0 Å². The van der Waals surface area contributed by atoms with Gasteiger partial charge in [-0.25, -0.2) is 4.79 Å². The van der Waals surface area contributed by atoms with Crippen molar-refractivity contribution in [3.05, 3.63) is 0 Å². The fourth-order valence-electron chi connectivity index (χ4n) is 2.91. The van der Waals surface area contributed by atoms with Gasteiger partial charge in [0.1, 0.15) is 0 Å². The van der Waals surface area contributed by atoms with Gasteiger partial charge in [0.25, 0.3) is 0 Å². The molecule has 0 aromatic heterocycles.